The summed E-state index contributed by atoms with van der Waals surface area (Å²) in [5, 5.41) is 4.14. The maximum Gasteiger partial charge on any atom is 0.160 e. The summed E-state index contributed by atoms with van der Waals surface area (Å²) in [7, 11) is 0. The van der Waals surface area contributed by atoms with Gasteiger partial charge < -0.3 is 11.1 Å². The highest BCUT2D eigenvalue weighted by Crippen LogP contribution is 2.39. The molecule has 0 unspecified atom stereocenters. The van der Waals surface area contributed by atoms with Crippen molar-refractivity contribution in [2.45, 2.75) is 33.7 Å². The summed E-state index contributed by atoms with van der Waals surface area (Å²) in [5.41, 5.74) is 15.2. The van der Waals surface area contributed by atoms with E-state index in [2.05, 4.69) is 40.2 Å². The number of hydrogen-bond donors (Lipinski definition) is 2. The van der Waals surface area contributed by atoms with Crippen LogP contribution in [-0.2, 0) is 13.0 Å². The van der Waals surface area contributed by atoms with Crippen LogP contribution < -0.4 is 11.1 Å². The second-order valence-corrected chi connectivity index (χ2v) is 9.00. The number of aromatic nitrogens is 4. The van der Waals surface area contributed by atoms with Gasteiger partial charge in [-0.3, -0.25) is 9.97 Å². The summed E-state index contributed by atoms with van der Waals surface area (Å²) in [6.45, 7) is 6.51. The first-order valence-electron chi connectivity index (χ1n) is 11.9. The number of hydrogen-bond acceptors (Lipinski definition) is 6. The molecule has 0 bridgehead atoms. The monoisotopic (exact) mass is 494 g/mol. The first-order chi connectivity index (χ1) is 17.5. The second kappa shape index (κ2) is 10.0. The maximum atomic E-state index is 7.01. The Morgan fingerprint density at radius 2 is 1.64 bits per heavy atom. The van der Waals surface area contributed by atoms with E-state index in [0.717, 1.165) is 62.3 Å². The van der Waals surface area contributed by atoms with Crippen molar-refractivity contribution in [3.63, 3.8) is 0 Å². The molecule has 0 amide bonds. The number of nitrogens with two attached hydrogens (primary N) is 1. The van der Waals surface area contributed by atoms with Gasteiger partial charge in [0, 0.05) is 35.2 Å². The summed E-state index contributed by atoms with van der Waals surface area (Å²) < 4.78 is 0. The van der Waals surface area contributed by atoms with Gasteiger partial charge in [-0.05, 0) is 61.2 Å². The minimum atomic E-state index is 0.472. The van der Waals surface area contributed by atoms with E-state index in [-0.39, 0.29) is 0 Å². The average Bonchev–Trinajstić information content (AvgIpc) is 2.89. The number of nitrogens with one attached hydrogen (secondary N) is 1. The lowest BCUT2D eigenvalue weighted by Gasteiger charge is -2.16. The van der Waals surface area contributed by atoms with Gasteiger partial charge in [-0.2, -0.15) is 0 Å². The van der Waals surface area contributed by atoms with Gasteiger partial charge in [-0.15, -0.1) is 0 Å². The van der Waals surface area contributed by atoms with Crippen LogP contribution in [0.4, 0.5) is 11.5 Å². The summed E-state index contributed by atoms with van der Waals surface area (Å²) in [4.78, 5) is 18.5. The molecule has 0 aliphatic heterocycles. The molecule has 5 rings (SSSR count). The second-order valence-electron chi connectivity index (χ2n) is 8.62. The minimum Gasteiger partial charge on any atom is -0.338 e. The van der Waals surface area contributed by atoms with Gasteiger partial charge in [-0.25, -0.2) is 9.97 Å². The molecule has 0 fully saturated rings. The molecule has 0 radical (unpaired) electrons. The van der Waals surface area contributed by atoms with E-state index in [0.29, 0.717) is 23.2 Å². The van der Waals surface area contributed by atoms with Crippen molar-refractivity contribution in [1.82, 2.24) is 19.9 Å². The van der Waals surface area contributed by atoms with Crippen LogP contribution in [0.3, 0.4) is 0 Å². The predicted octanol–water partition coefficient (Wildman–Crippen LogP) is 6.79. The average molecular weight is 495 g/mol. The van der Waals surface area contributed by atoms with Gasteiger partial charge in [0.25, 0.3) is 0 Å². The van der Waals surface area contributed by atoms with E-state index < -0.39 is 0 Å². The molecule has 0 aliphatic rings. The summed E-state index contributed by atoms with van der Waals surface area (Å²) >= 11 is 7.01. The zero-order valence-electron chi connectivity index (χ0n) is 20.5. The topological polar surface area (TPSA) is 89.6 Å². The summed E-state index contributed by atoms with van der Waals surface area (Å²) in [5.74, 6) is 1.36. The van der Waals surface area contributed by atoms with Crippen LogP contribution in [0.2, 0.25) is 5.02 Å². The lowest BCUT2D eigenvalue weighted by Crippen LogP contribution is -2.04. The molecular weight excluding hydrogens is 468 g/mol. The van der Waals surface area contributed by atoms with Crippen molar-refractivity contribution < 1.29 is 0 Å². The van der Waals surface area contributed by atoms with Crippen LogP contribution in [0.1, 0.15) is 29.6 Å². The van der Waals surface area contributed by atoms with Crippen molar-refractivity contribution >= 4 is 34.1 Å². The van der Waals surface area contributed by atoms with Crippen molar-refractivity contribution in [2.24, 2.45) is 5.73 Å². The fraction of sp³-hybridized carbons (Fsp3) is 0.172. The van der Waals surface area contributed by atoms with Crippen LogP contribution in [-0.4, -0.2) is 19.9 Å². The Balaban J connectivity index is 1.57. The Bertz CT molecular complexity index is 1580. The highest BCUT2D eigenvalue weighted by Gasteiger charge is 2.16. The highest BCUT2D eigenvalue weighted by molar-refractivity contribution is 6.36. The zero-order valence-corrected chi connectivity index (χ0v) is 21.3. The molecule has 3 N–H and O–H groups in total. The largest absolute Gasteiger partial charge is 0.338 e. The number of halogens is 1. The van der Waals surface area contributed by atoms with E-state index in [1.807, 2.05) is 61.5 Å². The number of nitrogens with zero attached hydrogens (tertiary/aromatic N) is 4. The minimum absolute atomic E-state index is 0.472. The van der Waals surface area contributed by atoms with E-state index >= 15 is 0 Å². The third kappa shape index (κ3) is 4.41. The molecule has 5 aromatic rings. The fourth-order valence-corrected chi connectivity index (χ4v) is 4.80. The molecule has 7 heteroatoms. The fourth-order valence-electron chi connectivity index (χ4n) is 4.47. The van der Waals surface area contributed by atoms with Gasteiger partial charge in [0.2, 0.25) is 0 Å². The van der Waals surface area contributed by atoms with Gasteiger partial charge in [0.05, 0.1) is 16.2 Å². The normalized spacial score (nSPS) is 11.1. The number of pyridine rings is 2. The van der Waals surface area contributed by atoms with Crippen LogP contribution in [0, 0.1) is 13.8 Å². The molecular formula is C29H27ClN6. The molecule has 0 atom stereocenters. The molecule has 0 saturated heterocycles. The molecule has 0 saturated carbocycles. The van der Waals surface area contributed by atoms with Gasteiger partial charge >= 0.3 is 0 Å². The molecule has 36 heavy (non-hydrogen) atoms. The molecule has 2 aromatic carbocycles. The Hall–Kier alpha value is -3.87. The molecule has 0 spiro atoms. The third-order valence-corrected chi connectivity index (χ3v) is 6.75. The van der Waals surface area contributed by atoms with Crippen molar-refractivity contribution in [1.29, 1.82) is 0 Å². The Morgan fingerprint density at radius 1 is 0.861 bits per heavy atom. The van der Waals surface area contributed by atoms with Gasteiger partial charge in [-0.1, -0.05) is 54.9 Å². The zero-order chi connectivity index (χ0) is 25.2. The molecule has 0 aliphatic carbocycles. The SMILES string of the molecule is CCc1nc(-c2cccc(-c3cccc(Nc4nc(C)nc5cccnc45)c3C)c2Cl)ccc1CN. The highest BCUT2D eigenvalue weighted by atomic mass is 35.5. The summed E-state index contributed by atoms with van der Waals surface area (Å²) in [6, 6.07) is 20.0. The third-order valence-electron chi connectivity index (χ3n) is 6.34. The molecule has 3 aromatic heterocycles. The summed E-state index contributed by atoms with van der Waals surface area (Å²) in [6.07, 6.45) is 2.56. The number of anilines is 2. The van der Waals surface area contributed by atoms with Crippen molar-refractivity contribution in [3.8, 4) is 22.4 Å². The number of fused-ring (bicyclic) bond motifs is 1. The van der Waals surface area contributed by atoms with Crippen LogP contribution in [0.15, 0.2) is 66.9 Å². The Kier molecular flexibility index (Phi) is 6.63. The number of benzene rings is 2. The number of aryl methyl sites for hydroxylation is 2. The molecule has 3 heterocycles. The smallest absolute Gasteiger partial charge is 0.160 e. The lowest BCUT2D eigenvalue weighted by atomic mass is 9.96. The standard InChI is InChI=1S/C29H27ClN6/c1-4-23-19(16-31)13-14-25(35-23)22-10-5-9-21(27(22)30)20-8-6-11-24(17(20)2)36-29-28-26(12-7-15-32-28)33-18(3)34-29/h5-15H,4,16,31H2,1-3H3,(H,33,34,36). The van der Waals surface area contributed by atoms with E-state index in [4.69, 9.17) is 22.3 Å². The van der Waals surface area contributed by atoms with Crippen molar-refractivity contribution in [2.75, 3.05) is 5.32 Å². The van der Waals surface area contributed by atoms with Crippen LogP contribution in [0.5, 0.6) is 0 Å². The van der Waals surface area contributed by atoms with E-state index in [9.17, 15) is 0 Å². The molecule has 6 nitrogen and oxygen atoms in total. The number of rotatable bonds is 6. The van der Waals surface area contributed by atoms with Gasteiger partial charge in [0.1, 0.15) is 11.3 Å². The van der Waals surface area contributed by atoms with Crippen LogP contribution >= 0.6 is 11.6 Å². The van der Waals surface area contributed by atoms with Crippen molar-refractivity contribution in [3.05, 3.63) is 94.5 Å². The van der Waals surface area contributed by atoms with E-state index in [1.54, 1.807) is 6.20 Å². The molecule has 180 valence electrons. The lowest BCUT2D eigenvalue weighted by molar-refractivity contribution is 0.948. The first kappa shape index (κ1) is 23.9. The van der Waals surface area contributed by atoms with Crippen LogP contribution in [0.25, 0.3) is 33.4 Å². The van der Waals surface area contributed by atoms with E-state index in [1.165, 1.54) is 0 Å². The first-order valence-corrected chi connectivity index (χ1v) is 12.3. The maximum absolute atomic E-state index is 7.01. The Morgan fingerprint density at radius 3 is 2.44 bits per heavy atom. The Labute approximate surface area is 215 Å². The quantitative estimate of drug-likeness (QED) is 0.270. The van der Waals surface area contributed by atoms with Gasteiger partial charge in [0.15, 0.2) is 5.82 Å². The predicted molar refractivity (Wildman–Crippen MR) is 147 cm³/mol.